The summed E-state index contributed by atoms with van der Waals surface area (Å²) in [5.41, 5.74) is 3.13. The highest BCUT2D eigenvalue weighted by Gasteiger charge is 2.28. The van der Waals surface area contributed by atoms with Gasteiger partial charge in [0.15, 0.2) is 0 Å². The molecule has 3 aromatic rings. The molecule has 0 saturated heterocycles. The van der Waals surface area contributed by atoms with E-state index in [-0.39, 0.29) is 24.2 Å². The summed E-state index contributed by atoms with van der Waals surface area (Å²) in [7, 11) is 1.59. The second-order valence-electron chi connectivity index (χ2n) is 7.52. The lowest BCUT2D eigenvalue weighted by atomic mass is 9.88. The van der Waals surface area contributed by atoms with Gasteiger partial charge in [-0.1, -0.05) is 88.7 Å². The molecule has 0 aliphatic heterocycles. The van der Waals surface area contributed by atoms with Crippen LogP contribution in [0.3, 0.4) is 0 Å². The number of likely N-dealkylation sites (N-methyl/N-ethyl adjacent to an activating group) is 1. The van der Waals surface area contributed by atoms with Crippen molar-refractivity contribution in [2.24, 2.45) is 0 Å². The standard InChI is InChI=1S/C26H27BrN2O2/c1-19(26(31)28-2)29(18-20-10-9-15-23(27)16-20)25(30)17-24(21-11-5-3-6-12-21)22-13-7-4-8-14-22/h3-16,19,24H,17-18H2,1-2H3,(H,28,31)/t19-/m1/s1. The Bertz CT molecular complexity index is 969. The van der Waals surface area contributed by atoms with Gasteiger partial charge in [0, 0.05) is 30.4 Å². The Hall–Kier alpha value is -2.92. The van der Waals surface area contributed by atoms with Crippen molar-refractivity contribution in [3.05, 3.63) is 106 Å². The molecule has 0 unspecified atom stereocenters. The van der Waals surface area contributed by atoms with Crippen LogP contribution in [0.4, 0.5) is 0 Å². The summed E-state index contributed by atoms with van der Waals surface area (Å²) in [5.74, 6) is -0.329. The minimum absolute atomic E-state index is 0.0613. The van der Waals surface area contributed by atoms with Crippen molar-refractivity contribution in [1.29, 1.82) is 0 Å². The monoisotopic (exact) mass is 478 g/mol. The topological polar surface area (TPSA) is 49.4 Å². The molecule has 160 valence electrons. The number of rotatable bonds is 8. The van der Waals surface area contributed by atoms with Crippen LogP contribution in [0.5, 0.6) is 0 Å². The lowest BCUT2D eigenvalue weighted by molar-refractivity contribution is -0.140. The van der Waals surface area contributed by atoms with Gasteiger partial charge in [0.2, 0.25) is 11.8 Å². The third-order valence-electron chi connectivity index (χ3n) is 5.44. The Labute approximate surface area is 192 Å². The first-order chi connectivity index (χ1) is 15.0. The summed E-state index contributed by atoms with van der Waals surface area (Å²) < 4.78 is 0.941. The third kappa shape index (κ3) is 6.05. The molecular weight excluding hydrogens is 452 g/mol. The fourth-order valence-corrected chi connectivity index (χ4v) is 4.16. The molecule has 0 spiro atoms. The van der Waals surface area contributed by atoms with E-state index in [4.69, 9.17) is 0 Å². The van der Waals surface area contributed by atoms with Crippen LogP contribution in [0.1, 0.15) is 36.0 Å². The first-order valence-corrected chi connectivity index (χ1v) is 11.1. The van der Waals surface area contributed by atoms with Crippen LogP contribution in [-0.2, 0) is 16.1 Å². The predicted molar refractivity (Wildman–Crippen MR) is 128 cm³/mol. The molecule has 0 aliphatic carbocycles. The van der Waals surface area contributed by atoms with Crippen molar-refractivity contribution in [2.75, 3.05) is 7.05 Å². The molecule has 5 heteroatoms. The van der Waals surface area contributed by atoms with E-state index < -0.39 is 6.04 Å². The molecule has 3 rings (SSSR count). The van der Waals surface area contributed by atoms with Gasteiger partial charge in [0.05, 0.1) is 0 Å². The number of hydrogen-bond acceptors (Lipinski definition) is 2. The van der Waals surface area contributed by atoms with E-state index in [1.165, 1.54) is 0 Å². The molecular formula is C26H27BrN2O2. The van der Waals surface area contributed by atoms with Gasteiger partial charge in [-0.05, 0) is 35.7 Å². The number of nitrogens with zero attached hydrogens (tertiary/aromatic N) is 1. The molecule has 0 radical (unpaired) electrons. The van der Waals surface area contributed by atoms with Crippen LogP contribution >= 0.6 is 15.9 Å². The summed E-state index contributed by atoms with van der Waals surface area (Å²) in [6.07, 6.45) is 0.281. The Balaban J connectivity index is 1.91. The van der Waals surface area contributed by atoms with Crippen molar-refractivity contribution in [3.8, 4) is 0 Å². The molecule has 0 bridgehead atoms. The number of hydrogen-bond donors (Lipinski definition) is 1. The van der Waals surface area contributed by atoms with Gasteiger partial charge >= 0.3 is 0 Å². The van der Waals surface area contributed by atoms with Crippen LogP contribution in [0.15, 0.2) is 89.4 Å². The Kier molecular flexibility index (Phi) is 8.01. The van der Waals surface area contributed by atoms with Crippen LogP contribution < -0.4 is 5.32 Å². The zero-order valence-electron chi connectivity index (χ0n) is 17.8. The number of halogens is 1. The summed E-state index contributed by atoms with van der Waals surface area (Å²) in [6, 6.07) is 27.3. The van der Waals surface area contributed by atoms with E-state index in [1.54, 1.807) is 18.9 Å². The number of carbonyl (C=O) groups is 2. The van der Waals surface area contributed by atoms with Crippen molar-refractivity contribution in [3.63, 3.8) is 0 Å². The van der Waals surface area contributed by atoms with Crippen molar-refractivity contribution in [2.45, 2.75) is 31.8 Å². The fraction of sp³-hybridized carbons (Fsp3) is 0.231. The largest absolute Gasteiger partial charge is 0.357 e. The van der Waals surface area contributed by atoms with Crippen molar-refractivity contribution in [1.82, 2.24) is 10.2 Å². The number of amides is 2. The summed E-state index contributed by atoms with van der Waals surface area (Å²) >= 11 is 3.49. The second kappa shape index (κ2) is 10.9. The Morgan fingerprint density at radius 2 is 1.48 bits per heavy atom. The highest BCUT2D eigenvalue weighted by Crippen LogP contribution is 2.29. The number of nitrogens with one attached hydrogen (secondary N) is 1. The van der Waals surface area contributed by atoms with Crippen molar-refractivity contribution >= 4 is 27.7 Å². The number of benzene rings is 3. The minimum Gasteiger partial charge on any atom is -0.357 e. The van der Waals surface area contributed by atoms with E-state index in [9.17, 15) is 9.59 Å². The summed E-state index contributed by atoms with van der Waals surface area (Å²) in [6.45, 7) is 2.14. The van der Waals surface area contributed by atoms with Gasteiger partial charge in [-0.3, -0.25) is 9.59 Å². The van der Waals surface area contributed by atoms with E-state index in [0.717, 1.165) is 21.2 Å². The molecule has 0 saturated carbocycles. The van der Waals surface area contributed by atoms with E-state index in [2.05, 4.69) is 21.2 Å². The van der Waals surface area contributed by atoms with Gasteiger partial charge in [-0.2, -0.15) is 0 Å². The maximum absolute atomic E-state index is 13.6. The second-order valence-corrected chi connectivity index (χ2v) is 8.44. The molecule has 3 aromatic carbocycles. The summed E-state index contributed by atoms with van der Waals surface area (Å²) in [5, 5.41) is 2.67. The lowest BCUT2D eigenvalue weighted by Gasteiger charge is -2.30. The van der Waals surface area contributed by atoms with E-state index in [1.807, 2.05) is 84.9 Å². The first-order valence-electron chi connectivity index (χ1n) is 10.3. The lowest BCUT2D eigenvalue weighted by Crippen LogP contribution is -2.47. The molecule has 0 fully saturated rings. The molecule has 0 aromatic heterocycles. The van der Waals surface area contributed by atoms with Crippen LogP contribution in [0.25, 0.3) is 0 Å². The van der Waals surface area contributed by atoms with Crippen LogP contribution in [0, 0.1) is 0 Å². The average molecular weight is 479 g/mol. The Morgan fingerprint density at radius 3 is 2.00 bits per heavy atom. The SMILES string of the molecule is CNC(=O)[C@@H](C)N(Cc1cccc(Br)c1)C(=O)CC(c1ccccc1)c1ccccc1. The molecule has 0 heterocycles. The smallest absolute Gasteiger partial charge is 0.242 e. The van der Waals surface area contributed by atoms with E-state index >= 15 is 0 Å². The molecule has 1 atom stereocenters. The van der Waals surface area contributed by atoms with Crippen LogP contribution in [0.2, 0.25) is 0 Å². The highest BCUT2D eigenvalue weighted by molar-refractivity contribution is 9.10. The van der Waals surface area contributed by atoms with Gasteiger partial charge in [-0.15, -0.1) is 0 Å². The summed E-state index contributed by atoms with van der Waals surface area (Å²) in [4.78, 5) is 27.7. The predicted octanol–water partition coefficient (Wildman–Crippen LogP) is 5.13. The zero-order chi connectivity index (χ0) is 22.2. The van der Waals surface area contributed by atoms with Crippen molar-refractivity contribution < 1.29 is 9.59 Å². The van der Waals surface area contributed by atoms with Gasteiger partial charge in [0.1, 0.15) is 6.04 Å². The Morgan fingerprint density at radius 1 is 0.903 bits per heavy atom. The molecule has 4 nitrogen and oxygen atoms in total. The van der Waals surface area contributed by atoms with E-state index in [0.29, 0.717) is 6.54 Å². The van der Waals surface area contributed by atoms with Gasteiger partial charge in [-0.25, -0.2) is 0 Å². The maximum atomic E-state index is 13.6. The molecule has 0 aliphatic rings. The fourth-order valence-electron chi connectivity index (χ4n) is 3.71. The highest BCUT2D eigenvalue weighted by atomic mass is 79.9. The maximum Gasteiger partial charge on any atom is 0.242 e. The normalized spacial score (nSPS) is 11.7. The quantitative estimate of drug-likeness (QED) is 0.487. The number of carbonyl (C=O) groups excluding carboxylic acids is 2. The third-order valence-corrected chi connectivity index (χ3v) is 5.93. The minimum atomic E-state index is -0.580. The van der Waals surface area contributed by atoms with Gasteiger partial charge < -0.3 is 10.2 Å². The molecule has 1 N–H and O–H groups in total. The van der Waals surface area contributed by atoms with Gasteiger partial charge in [0.25, 0.3) is 0 Å². The average Bonchev–Trinajstić information content (AvgIpc) is 2.81. The zero-order valence-corrected chi connectivity index (χ0v) is 19.4. The first kappa shape index (κ1) is 22.8. The molecule has 2 amide bonds. The molecule has 31 heavy (non-hydrogen) atoms. The van der Waals surface area contributed by atoms with Crippen LogP contribution in [-0.4, -0.2) is 29.8 Å².